The predicted octanol–water partition coefficient (Wildman–Crippen LogP) is 12.5. The van der Waals surface area contributed by atoms with Crippen LogP contribution in [-0.4, -0.2) is 20.9 Å². The summed E-state index contributed by atoms with van der Waals surface area (Å²) >= 11 is 0. The molecule has 0 saturated carbocycles. The van der Waals surface area contributed by atoms with Crippen molar-refractivity contribution >= 4 is 16.6 Å². The van der Waals surface area contributed by atoms with Crippen LogP contribution in [0.25, 0.3) is 44.4 Å². The number of aliphatic hydroxyl groups is 1. The van der Waals surface area contributed by atoms with Gasteiger partial charge in [0, 0.05) is 65.7 Å². The van der Waals surface area contributed by atoms with Gasteiger partial charge in [-0.2, -0.15) is 0 Å². The summed E-state index contributed by atoms with van der Waals surface area (Å²) in [5.74, 6) is 0.286. The average Bonchev–Trinajstić information content (AvgIpc) is 3.16. The first kappa shape index (κ1) is 40.8. The van der Waals surface area contributed by atoms with Crippen LogP contribution in [-0.2, 0) is 43.2 Å². The van der Waals surface area contributed by atoms with Gasteiger partial charge in [-0.25, -0.2) is 0 Å². The first-order valence-corrected chi connectivity index (χ1v) is 18.7. The van der Waals surface area contributed by atoms with Crippen LogP contribution in [0, 0.1) is 16.9 Å². The van der Waals surface area contributed by atoms with E-state index in [1.165, 1.54) is 39.4 Å². The average molecular weight is 872 g/mol. The van der Waals surface area contributed by atoms with Gasteiger partial charge in [0.15, 0.2) is 5.78 Å². The van der Waals surface area contributed by atoms with Crippen LogP contribution < -0.4 is 0 Å². The zero-order valence-electron chi connectivity index (χ0n) is 32.5. The van der Waals surface area contributed by atoms with Crippen molar-refractivity contribution in [2.75, 3.05) is 0 Å². The Balaban J connectivity index is 0.000000289. The van der Waals surface area contributed by atoms with Gasteiger partial charge in [-0.3, -0.25) is 14.8 Å². The normalized spacial score (nSPS) is 13.0. The molecule has 1 N–H and O–H groups in total. The number of hydrogen-bond acceptors (Lipinski definition) is 4. The number of aromatic nitrogens is 2. The topological polar surface area (TPSA) is 63.1 Å². The molecule has 5 aromatic rings. The molecule has 3 aromatic carbocycles. The Morgan fingerprint density at radius 2 is 1.40 bits per heavy atom. The van der Waals surface area contributed by atoms with E-state index in [0.717, 1.165) is 66.4 Å². The summed E-state index contributed by atoms with van der Waals surface area (Å²) in [6.07, 6.45) is 8.72. The molecule has 0 bridgehead atoms. The van der Waals surface area contributed by atoms with Gasteiger partial charge in [-0.15, -0.1) is 29.1 Å². The van der Waals surface area contributed by atoms with Crippen LogP contribution >= 0.6 is 0 Å². The van der Waals surface area contributed by atoms with Gasteiger partial charge in [-0.05, 0) is 61.1 Å². The molecule has 5 heteroatoms. The first-order chi connectivity index (χ1) is 24.3. The standard InChI is InChI=1S/C32H27N2.C15H28O2.Ir/c1-32(2,3)28-18-24(17-22-11-7-8-12-25(22)28)31-19-27-23(20-33-31)13-15-30-26(27)14-16-29(34-30)21-9-5-4-6-10-21;1-7-14(5,8-2)12(16)11-13(17)15(6,9-3)10-4;/h4-12,14,16,18-20H,13,15H2,1-3H3;11,16H,7-10H2,1-6H3;/q-1;;/b;12-11-;. The van der Waals surface area contributed by atoms with E-state index in [1.807, 2.05) is 47.6 Å². The maximum absolute atomic E-state index is 12.2. The number of benzene rings is 3. The summed E-state index contributed by atoms with van der Waals surface area (Å²) in [7, 11) is 0. The molecule has 0 spiro atoms. The van der Waals surface area contributed by atoms with Crippen molar-refractivity contribution in [3.05, 3.63) is 120 Å². The number of fused-ring (bicyclic) bond motifs is 4. The van der Waals surface area contributed by atoms with Gasteiger partial charge in [0.05, 0.1) is 5.69 Å². The molecule has 52 heavy (non-hydrogen) atoms. The second-order valence-electron chi connectivity index (χ2n) is 15.6. The molecule has 0 atom stereocenters. The fraction of sp³-hybridized carbons (Fsp3) is 0.383. The minimum atomic E-state index is -0.337. The van der Waals surface area contributed by atoms with E-state index in [4.69, 9.17) is 9.97 Å². The summed E-state index contributed by atoms with van der Waals surface area (Å²) in [5, 5.41) is 12.5. The van der Waals surface area contributed by atoms with E-state index in [2.05, 4.69) is 106 Å². The maximum atomic E-state index is 12.2. The van der Waals surface area contributed by atoms with E-state index >= 15 is 0 Å². The number of carbonyl (C=O) groups excluding carboxylic acids is 1. The number of carbonyl (C=O) groups is 1. The van der Waals surface area contributed by atoms with E-state index < -0.39 is 0 Å². The molecule has 2 aromatic heterocycles. The fourth-order valence-electron chi connectivity index (χ4n) is 6.71. The van der Waals surface area contributed by atoms with Crippen LogP contribution in [0.3, 0.4) is 0 Å². The van der Waals surface area contributed by atoms with Crippen molar-refractivity contribution < 1.29 is 30.0 Å². The van der Waals surface area contributed by atoms with Gasteiger partial charge < -0.3 is 5.11 Å². The number of hydrogen-bond donors (Lipinski definition) is 1. The molecule has 0 saturated heterocycles. The summed E-state index contributed by atoms with van der Waals surface area (Å²) in [5.41, 5.74) is 9.90. The third-order valence-corrected chi connectivity index (χ3v) is 11.4. The number of aliphatic hydroxyl groups excluding tert-OH is 1. The van der Waals surface area contributed by atoms with Crippen LogP contribution in [0.5, 0.6) is 0 Å². The monoisotopic (exact) mass is 872 g/mol. The van der Waals surface area contributed by atoms with Crippen molar-refractivity contribution in [3.8, 4) is 33.6 Å². The van der Waals surface area contributed by atoms with Gasteiger partial charge in [0.1, 0.15) is 5.76 Å². The molecule has 1 aliphatic rings. The SMILES string of the molecule is CC(C)(C)c1cc(-c2cc3c(cn2)CCc2nc(-c4ccccc4)ccc2-3)[c-]c2ccccc12.CCC(C)(CC)C(=O)/C=C(\O)C(C)(CC)CC.[Ir]. The summed E-state index contributed by atoms with van der Waals surface area (Å²) in [4.78, 5) is 22.1. The van der Waals surface area contributed by atoms with E-state index in [9.17, 15) is 9.90 Å². The van der Waals surface area contributed by atoms with Gasteiger partial charge >= 0.3 is 0 Å². The van der Waals surface area contributed by atoms with Crippen molar-refractivity contribution in [1.82, 2.24) is 9.97 Å². The Labute approximate surface area is 325 Å². The minimum absolute atomic E-state index is 0. The van der Waals surface area contributed by atoms with Crippen LogP contribution in [0.1, 0.15) is 105 Å². The second kappa shape index (κ2) is 16.8. The van der Waals surface area contributed by atoms with Crippen molar-refractivity contribution in [2.45, 2.75) is 106 Å². The Hall–Kier alpha value is -3.92. The number of pyridine rings is 2. The number of allylic oxidation sites excluding steroid dienone is 2. The smallest absolute Gasteiger partial charge is 0.164 e. The van der Waals surface area contributed by atoms with Crippen molar-refractivity contribution in [3.63, 3.8) is 0 Å². The van der Waals surface area contributed by atoms with E-state index in [-0.39, 0.29) is 47.9 Å². The molecule has 0 unspecified atom stereocenters. The van der Waals surface area contributed by atoms with Crippen LogP contribution in [0.4, 0.5) is 0 Å². The van der Waals surface area contributed by atoms with Crippen LogP contribution in [0.15, 0.2) is 96.9 Å². The number of nitrogens with zero attached hydrogens (tertiary/aromatic N) is 2. The molecule has 1 radical (unpaired) electrons. The first-order valence-electron chi connectivity index (χ1n) is 18.7. The summed E-state index contributed by atoms with van der Waals surface area (Å²) < 4.78 is 0. The zero-order chi connectivity index (χ0) is 37.0. The largest absolute Gasteiger partial charge is 0.512 e. The van der Waals surface area contributed by atoms with E-state index in [0.29, 0.717) is 0 Å². The molecule has 6 rings (SSSR count). The maximum Gasteiger partial charge on any atom is 0.164 e. The van der Waals surface area contributed by atoms with E-state index in [1.54, 1.807) is 0 Å². The van der Waals surface area contributed by atoms with Gasteiger partial charge in [0.25, 0.3) is 0 Å². The molecule has 4 nitrogen and oxygen atoms in total. The molecule has 275 valence electrons. The molecule has 2 heterocycles. The second-order valence-corrected chi connectivity index (χ2v) is 15.6. The Kier molecular flexibility index (Phi) is 13.2. The quantitative estimate of drug-likeness (QED) is 0.0910. The van der Waals surface area contributed by atoms with Crippen molar-refractivity contribution in [1.29, 1.82) is 0 Å². The van der Waals surface area contributed by atoms with Gasteiger partial charge in [0.2, 0.25) is 0 Å². The molecular weight excluding hydrogens is 817 g/mol. The minimum Gasteiger partial charge on any atom is -0.512 e. The fourth-order valence-corrected chi connectivity index (χ4v) is 6.71. The third kappa shape index (κ3) is 8.64. The number of ketones is 1. The predicted molar refractivity (Wildman–Crippen MR) is 214 cm³/mol. The zero-order valence-corrected chi connectivity index (χ0v) is 34.9. The molecule has 0 amide bonds. The molecule has 1 aliphatic carbocycles. The number of rotatable bonds is 9. The van der Waals surface area contributed by atoms with Crippen LogP contribution in [0.2, 0.25) is 0 Å². The molecule has 0 fully saturated rings. The number of aryl methyl sites for hydroxylation is 2. The summed E-state index contributed by atoms with van der Waals surface area (Å²) in [6.45, 7) is 18.9. The van der Waals surface area contributed by atoms with Gasteiger partial charge in [-0.1, -0.05) is 134 Å². The Morgan fingerprint density at radius 3 is 2.04 bits per heavy atom. The molecule has 0 aliphatic heterocycles. The van der Waals surface area contributed by atoms with Crippen molar-refractivity contribution in [2.24, 2.45) is 10.8 Å². The summed E-state index contributed by atoms with van der Waals surface area (Å²) in [6, 6.07) is 31.5. The third-order valence-electron chi connectivity index (χ3n) is 11.4. The molecular formula is C47H55IrN2O2-. The Morgan fingerprint density at radius 1 is 0.769 bits per heavy atom. The Bertz CT molecular complexity index is 2030.